The number of carbonyl (C=O) groups excluding carboxylic acids is 1. The summed E-state index contributed by atoms with van der Waals surface area (Å²) in [6.45, 7) is 7.56. The predicted octanol–water partition coefficient (Wildman–Crippen LogP) is 4.52. The maximum absolute atomic E-state index is 13.5. The number of imidazole rings is 1. The summed E-state index contributed by atoms with van der Waals surface area (Å²) in [6, 6.07) is 10.2. The summed E-state index contributed by atoms with van der Waals surface area (Å²) in [5.41, 5.74) is 3.25. The lowest BCUT2D eigenvalue weighted by atomic mass is 10.1. The summed E-state index contributed by atoms with van der Waals surface area (Å²) >= 11 is 1.59. The average molecular weight is 414 g/mol. The Morgan fingerprint density at radius 1 is 1.17 bits per heavy atom. The molecule has 1 aromatic heterocycles. The van der Waals surface area contributed by atoms with Crippen LogP contribution in [-0.4, -0.2) is 46.2 Å². The molecule has 2 aliphatic rings. The number of amides is 1. The Morgan fingerprint density at radius 2 is 1.93 bits per heavy atom. The van der Waals surface area contributed by atoms with Gasteiger partial charge in [-0.25, -0.2) is 4.98 Å². The van der Waals surface area contributed by atoms with Crippen molar-refractivity contribution >= 4 is 17.7 Å². The normalized spacial score (nSPS) is 20.8. The van der Waals surface area contributed by atoms with E-state index in [0.29, 0.717) is 0 Å². The van der Waals surface area contributed by atoms with E-state index in [-0.39, 0.29) is 17.3 Å². The van der Waals surface area contributed by atoms with Gasteiger partial charge in [0.2, 0.25) is 5.91 Å². The van der Waals surface area contributed by atoms with Crippen LogP contribution in [0.4, 0.5) is 0 Å². The van der Waals surface area contributed by atoms with Crippen LogP contribution in [0.1, 0.15) is 54.3 Å². The third kappa shape index (κ3) is 4.69. The molecule has 1 aromatic carbocycles. The van der Waals surface area contributed by atoms with E-state index < -0.39 is 0 Å². The molecule has 3 heterocycles. The van der Waals surface area contributed by atoms with Crippen LogP contribution in [0.15, 0.2) is 35.5 Å². The molecule has 5 nitrogen and oxygen atoms in total. The number of hydrogen-bond donors (Lipinski definition) is 0. The quantitative estimate of drug-likeness (QED) is 0.653. The highest BCUT2D eigenvalue weighted by molar-refractivity contribution is 8.00. The number of aryl methyl sites for hydroxylation is 1. The molecule has 29 heavy (non-hydrogen) atoms. The van der Waals surface area contributed by atoms with E-state index >= 15 is 0 Å². The average Bonchev–Trinajstić information content (AvgIpc) is 3.37. The van der Waals surface area contributed by atoms with Gasteiger partial charge in [0, 0.05) is 25.4 Å². The second-order valence-corrected chi connectivity index (χ2v) is 9.18. The number of ether oxygens (including phenoxy) is 1. The molecule has 6 heteroatoms. The summed E-state index contributed by atoms with van der Waals surface area (Å²) in [5, 5.41) is 0.661. The van der Waals surface area contributed by atoms with Gasteiger partial charge < -0.3 is 14.2 Å². The van der Waals surface area contributed by atoms with Gasteiger partial charge >= 0.3 is 0 Å². The highest BCUT2D eigenvalue weighted by Gasteiger charge is 2.30. The van der Waals surface area contributed by atoms with Crippen molar-refractivity contribution in [2.24, 2.45) is 0 Å². The molecule has 2 aromatic rings. The number of aromatic nitrogens is 2. The topological polar surface area (TPSA) is 47.4 Å². The molecule has 1 amide bonds. The largest absolute Gasteiger partial charge is 0.376 e. The third-order valence-electron chi connectivity index (χ3n) is 6.05. The summed E-state index contributed by atoms with van der Waals surface area (Å²) in [6.07, 6.45) is 5.88. The first-order valence-corrected chi connectivity index (χ1v) is 11.7. The molecule has 0 aliphatic carbocycles. The van der Waals surface area contributed by atoms with Crippen molar-refractivity contribution in [2.45, 2.75) is 69.0 Å². The van der Waals surface area contributed by atoms with Gasteiger partial charge in [0.05, 0.1) is 18.3 Å². The van der Waals surface area contributed by atoms with E-state index in [1.165, 1.54) is 12.1 Å². The number of piperidine rings is 1. The molecule has 0 bridgehead atoms. The smallest absolute Gasteiger partial charge is 0.240 e. The fraction of sp³-hybridized carbons (Fsp3) is 0.565. The van der Waals surface area contributed by atoms with Gasteiger partial charge in [0.1, 0.15) is 5.25 Å². The maximum atomic E-state index is 13.5. The van der Waals surface area contributed by atoms with Crippen molar-refractivity contribution in [3.05, 3.63) is 47.3 Å². The molecular weight excluding hydrogens is 382 g/mol. The lowest BCUT2D eigenvalue weighted by Crippen LogP contribution is -2.38. The lowest BCUT2D eigenvalue weighted by molar-refractivity contribution is -0.131. The molecule has 0 spiro atoms. The molecule has 2 atom stereocenters. The maximum Gasteiger partial charge on any atom is 0.240 e. The second-order valence-electron chi connectivity index (χ2n) is 8.11. The van der Waals surface area contributed by atoms with E-state index in [1.54, 1.807) is 11.8 Å². The minimum atomic E-state index is -0.265. The van der Waals surface area contributed by atoms with Gasteiger partial charge in [-0.1, -0.05) is 42.1 Å². The van der Waals surface area contributed by atoms with Crippen LogP contribution in [0.3, 0.4) is 0 Å². The van der Waals surface area contributed by atoms with Crippen LogP contribution in [0.25, 0.3) is 0 Å². The van der Waals surface area contributed by atoms with E-state index in [1.807, 2.05) is 23.1 Å². The number of carbonyl (C=O) groups is 1. The van der Waals surface area contributed by atoms with Crippen molar-refractivity contribution < 1.29 is 9.53 Å². The van der Waals surface area contributed by atoms with Crippen LogP contribution in [0.2, 0.25) is 0 Å². The monoisotopic (exact) mass is 413 g/mol. The highest BCUT2D eigenvalue weighted by atomic mass is 32.2. The minimum absolute atomic E-state index is 0.211. The molecule has 0 radical (unpaired) electrons. The van der Waals surface area contributed by atoms with Gasteiger partial charge in [-0.2, -0.15) is 0 Å². The van der Waals surface area contributed by atoms with E-state index in [9.17, 15) is 4.79 Å². The molecule has 2 fully saturated rings. The van der Waals surface area contributed by atoms with Gasteiger partial charge in [0.25, 0.3) is 0 Å². The summed E-state index contributed by atoms with van der Waals surface area (Å²) in [4.78, 5) is 20.4. The fourth-order valence-electron chi connectivity index (χ4n) is 4.19. The number of likely N-dealkylation sites (tertiary alicyclic amines) is 1. The molecule has 4 rings (SSSR count). The van der Waals surface area contributed by atoms with Crippen LogP contribution >= 0.6 is 11.8 Å². The SMILES string of the molecule is Cc1nc(SC(C(=O)N2CCCCC2)c2ccccc2)n(CC2CCCO2)c1C. The minimum Gasteiger partial charge on any atom is -0.376 e. The molecular formula is C23H31N3O2S. The Kier molecular flexibility index (Phi) is 6.60. The lowest BCUT2D eigenvalue weighted by Gasteiger charge is -2.30. The summed E-state index contributed by atoms with van der Waals surface area (Å²) in [5.74, 6) is 0.211. The third-order valence-corrected chi connectivity index (χ3v) is 7.28. The van der Waals surface area contributed by atoms with Crippen molar-refractivity contribution in [3.63, 3.8) is 0 Å². The van der Waals surface area contributed by atoms with Crippen molar-refractivity contribution in [2.75, 3.05) is 19.7 Å². The second kappa shape index (κ2) is 9.35. The number of rotatable bonds is 6. The van der Waals surface area contributed by atoms with Crippen LogP contribution in [0, 0.1) is 13.8 Å². The number of benzene rings is 1. The number of thioether (sulfide) groups is 1. The number of nitrogens with zero attached hydrogens (tertiary/aromatic N) is 3. The Bertz CT molecular complexity index is 824. The summed E-state index contributed by atoms with van der Waals surface area (Å²) < 4.78 is 8.13. The Morgan fingerprint density at radius 3 is 2.62 bits per heavy atom. The van der Waals surface area contributed by atoms with E-state index in [0.717, 1.165) is 68.3 Å². The van der Waals surface area contributed by atoms with Gasteiger partial charge in [-0.05, 0) is 51.5 Å². The van der Waals surface area contributed by atoms with Crippen molar-refractivity contribution in [3.8, 4) is 0 Å². The standard InChI is InChI=1S/C23H31N3O2S/c1-17-18(2)26(16-20-12-9-15-28-20)23(24-17)29-21(19-10-5-3-6-11-19)22(27)25-13-7-4-8-14-25/h3,5-6,10-11,20-21H,4,7-9,12-16H2,1-2H3. The molecule has 0 saturated carbocycles. The summed E-state index contributed by atoms with van der Waals surface area (Å²) in [7, 11) is 0. The Labute approximate surface area is 177 Å². The highest BCUT2D eigenvalue weighted by Crippen LogP contribution is 2.38. The number of hydrogen-bond acceptors (Lipinski definition) is 4. The molecule has 2 aliphatic heterocycles. The fourth-order valence-corrected chi connectivity index (χ4v) is 5.48. The first kappa shape index (κ1) is 20.5. The van der Waals surface area contributed by atoms with Crippen molar-refractivity contribution in [1.82, 2.24) is 14.5 Å². The Balaban J connectivity index is 1.62. The van der Waals surface area contributed by atoms with Gasteiger partial charge in [-0.3, -0.25) is 4.79 Å². The first-order chi connectivity index (χ1) is 14.1. The molecule has 2 saturated heterocycles. The zero-order chi connectivity index (χ0) is 20.2. The van der Waals surface area contributed by atoms with Crippen molar-refractivity contribution in [1.29, 1.82) is 0 Å². The molecule has 0 N–H and O–H groups in total. The van der Waals surface area contributed by atoms with Gasteiger partial charge in [-0.15, -0.1) is 0 Å². The van der Waals surface area contributed by atoms with E-state index in [4.69, 9.17) is 9.72 Å². The van der Waals surface area contributed by atoms with Crippen LogP contribution < -0.4 is 0 Å². The molecule has 156 valence electrons. The first-order valence-electron chi connectivity index (χ1n) is 10.8. The van der Waals surface area contributed by atoms with Gasteiger partial charge in [0.15, 0.2) is 5.16 Å². The zero-order valence-electron chi connectivity index (χ0n) is 17.5. The van der Waals surface area contributed by atoms with E-state index in [2.05, 4.69) is 30.5 Å². The van der Waals surface area contributed by atoms with Crippen LogP contribution in [0.5, 0.6) is 0 Å². The molecule has 2 unspecified atom stereocenters. The van der Waals surface area contributed by atoms with Crippen LogP contribution in [-0.2, 0) is 16.1 Å². The Hall–Kier alpha value is -1.79. The zero-order valence-corrected chi connectivity index (χ0v) is 18.3. The predicted molar refractivity (Wildman–Crippen MR) is 116 cm³/mol.